The van der Waals surface area contributed by atoms with Crippen molar-refractivity contribution in [3.63, 3.8) is 0 Å². The molecule has 1 aromatic heterocycles. The van der Waals surface area contributed by atoms with Crippen LogP contribution in [0.5, 0.6) is 0 Å². The molecule has 0 unspecified atom stereocenters. The van der Waals surface area contributed by atoms with E-state index in [1.54, 1.807) is 6.07 Å². The van der Waals surface area contributed by atoms with E-state index in [4.69, 9.17) is 1.37 Å². The minimum atomic E-state index is 0.0915. The van der Waals surface area contributed by atoms with Gasteiger partial charge in [-0.25, -0.2) is 0 Å². The summed E-state index contributed by atoms with van der Waals surface area (Å²) in [5.41, 5.74) is 1.68. The molecule has 0 saturated heterocycles. The first-order chi connectivity index (χ1) is 5.86. The van der Waals surface area contributed by atoms with Crippen LogP contribution in [0.3, 0.4) is 0 Å². The minimum absolute atomic E-state index is 0.0915. The van der Waals surface area contributed by atoms with E-state index in [1.807, 2.05) is 30.3 Å². The summed E-state index contributed by atoms with van der Waals surface area (Å²) in [4.78, 5) is 0. The van der Waals surface area contributed by atoms with Crippen LogP contribution in [-0.2, 0) is 0 Å². The second kappa shape index (κ2) is 2.58. The lowest BCUT2D eigenvalue weighted by Crippen LogP contribution is -1.73. The van der Waals surface area contributed by atoms with Crippen molar-refractivity contribution in [1.29, 1.82) is 0 Å². The fourth-order valence-electron chi connectivity index (χ4n) is 0.929. The zero-order chi connectivity index (χ0) is 8.39. The lowest BCUT2D eigenvalue weighted by atomic mass is 10.2. The molecule has 0 fully saturated rings. The summed E-state index contributed by atoms with van der Waals surface area (Å²) in [5.74, 6) is 0. The predicted octanol–water partition coefficient (Wildman–Crippen LogP) is 2.34. The maximum absolute atomic E-state index is 7.14. The fraction of sp³-hybridized carbons (Fsp3) is 0. The summed E-state index contributed by atoms with van der Waals surface area (Å²) in [6.07, 6.45) is 0.0915. The first-order valence-electron chi connectivity index (χ1n) is 3.85. The number of hydrogen-bond donors (Lipinski definition) is 0. The van der Waals surface area contributed by atoms with Crippen LogP contribution in [0, 0.1) is 0 Å². The van der Waals surface area contributed by atoms with Crippen LogP contribution >= 0.6 is 0 Å². The van der Waals surface area contributed by atoms with E-state index in [2.05, 4.69) is 9.68 Å². The van der Waals surface area contributed by atoms with Crippen molar-refractivity contribution in [3.8, 4) is 11.3 Å². The molecule has 1 aromatic carbocycles. The van der Waals surface area contributed by atoms with Gasteiger partial charge in [0.1, 0.15) is 13.3 Å². The molecule has 2 heteroatoms. The Bertz CT molecular complexity index is 369. The third-order valence-electron chi connectivity index (χ3n) is 1.46. The van der Waals surface area contributed by atoms with Crippen molar-refractivity contribution in [2.45, 2.75) is 0 Å². The van der Waals surface area contributed by atoms with Gasteiger partial charge in [0.2, 0.25) is 0 Å². The average Bonchev–Trinajstić information content (AvgIpc) is 2.54. The smallest absolute Gasteiger partial charge is 0.124 e. The fourth-order valence-corrected chi connectivity index (χ4v) is 0.929. The minimum Gasteiger partial charge on any atom is -0.364 e. The van der Waals surface area contributed by atoms with Gasteiger partial charge in [-0.2, -0.15) is 0 Å². The summed E-state index contributed by atoms with van der Waals surface area (Å²) in [7, 11) is 0. The van der Waals surface area contributed by atoms with Gasteiger partial charge >= 0.3 is 0 Å². The first kappa shape index (κ1) is 5.13. The maximum Gasteiger partial charge on any atom is 0.124 e. The molecular weight excluding hydrogens is 138 g/mol. The Morgan fingerprint density at radius 1 is 1.18 bits per heavy atom. The summed E-state index contributed by atoms with van der Waals surface area (Å²) in [6.45, 7) is 0. The monoisotopic (exact) mass is 146 g/mol. The summed E-state index contributed by atoms with van der Waals surface area (Å²) in [5, 5.41) is 3.72. The molecule has 0 aliphatic heterocycles. The summed E-state index contributed by atoms with van der Waals surface area (Å²) < 4.78 is 11.8. The Morgan fingerprint density at radius 3 is 2.64 bits per heavy atom. The molecule has 0 radical (unpaired) electrons. The van der Waals surface area contributed by atoms with Gasteiger partial charge in [0.25, 0.3) is 0 Å². The molecule has 11 heavy (non-hydrogen) atoms. The molecule has 0 aliphatic carbocycles. The Balaban J connectivity index is 2.45. The van der Waals surface area contributed by atoms with Gasteiger partial charge < -0.3 is 4.52 Å². The summed E-state index contributed by atoms with van der Waals surface area (Å²) in [6, 6.07) is 11.2. The first-order valence-corrected chi connectivity index (χ1v) is 3.35. The van der Waals surface area contributed by atoms with Crippen LogP contribution in [0.25, 0.3) is 11.3 Å². The van der Waals surface area contributed by atoms with Crippen LogP contribution in [0.4, 0.5) is 0 Å². The van der Waals surface area contributed by atoms with Crippen LogP contribution in [0.15, 0.2) is 47.2 Å². The Kier molecular flexibility index (Phi) is 1.20. The third kappa shape index (κ3) is 1.15. The molecule has 1 heterocycles. The van der Waals surface area contributed by atoms with Crippen LogP contribution in [-0.4, -0.2) is 5.16 Å². The van der Waals surface area contributed by atoms with E-state index >= 15 is 0 Å². The number of rotatable bonds is 1. The predicted molar refractivity (Wildman–Crippen MR) is 41.9 cm³/mol. The van der Waals surface area contributed by atoms with Crippen LogP contribution in [0.2, 0.25) is 0 Å². The van der Waals surface area contributed by atoms with Gasteiger partial charge in [-0.1, -0.05) is 35.5 Å². The number of hydrogen-bond acceptors (Lipinski definition) is 2. The molecule has 2 rings (SSSR count). The Morgan fingerprint density at radius 2 is 2.00 bits per heavy atom. The highest BCUT2D eigenvalue weighted by Gasteiger charge is 1.96. The average molecular weight is 146 g/mol. The third-order valence-corrected chi connectivity index (χ3v) is 1.46. The van der Waals surface area contributed by atoms with Gasteiger partial charge in [0, 0.05) is 11.6 Å². The molecule has 0 atom stereocenters. The maximum atomic E-state index is 7.14. The zero-order valence-electron chi connectivity index (χ0n) is 6.82. The Hall–Kier alpha value is -1.57. The van der Waals surface area contributed by atoms with Crippen molar-refractivity contribution in [2.24, 2.45) is 0 Å². The van der Waals surface area contributed by atoms with Crippen LogP contribution in [0.1, 0.15) is 1.37 Å². The van der Waals surface area contributed by atoms with Crippen LogP contribution < -0.4 is 0 Å². The van der Waals surface area contributed by atoms with Crippen molar-refractivity contribution in [1.82, 2.24) is 5.16 Å². The van der Waals surface area contributed by atoms with Crippen molar-refractivity contribution in [3.05, 3.63) is 42.6 Å². The number of nitrogens with zero attached hydrogens (tertiary/aromatic N) is 1. The second-order valence-corrected chi connectivity index (χ2v) is 2.20. The molecule has 0 spiro atoms. The highest BCUT2D eigenvalue weighted by molar-refractivity contribution is 5.57. The van der Waals surface area contributed by atoms with E-state index in [-0.39, 0.29) is 6.24 Å². The molecule has 0 aliphatic rings. The molecule has 0 N–H and O–H groups in total. The molecule has 2 nitrogen and oxygen atoms in total. The van der Waals surface area contributed by atoms with Crippen molar-refractivity contribution in [2.75, 3.05) is 0 Å². The number of aromatic nitrogens is 1. The highest BCUT2D eigenvalue weighted by Crippen LogP contribution is 2.14. The molecular formula is C9H7NO. The lowest BCUT2D eigenvalue weighted by molar-refractivity contribution is 0.422. The molecule has 0 amide bonds. The zero-order valence-corrected chi connectivity index (χ0v) is 5.82. The molecule has 0 bridgehead atoms. The van der Waals surface area contributed by atoms with Crippen molar-refractivity contribution >= 4 is 0 Å². The molecule has 2 aromatic rings. The van der Waals surface area contributed by atoms with Gasteiger partial charge in [-0.15, -0.1) is 0 Å². The second-order valence-electron chi connectivity index (χ2n) is 2.20. The highest BCUT2D eigenvalue weighted by atomic mass is 16.5. The van der Waals surface area contributed by atoms with E-state index in [0.29, 0.717) is 5.69 Å². The number of benzene rings is 1. The lowest BCUT2D eigenvalue weighted by Gasteiger charge is -1.90. The van der Waals surface area contributed by atoms with Gasteiger partial charge in [-0.05, 0) is 0 Å². The van der Waals surface area contributed by atoms with Gasteiger partial charge in [0.05, 0.1) is 0 Å². The van der Waals surface area contributed by atoms with E-state index in [0.717, 1.165) is 5.56 Å². The largest absolute Gasteiger partial charge is 0.364 e. The van der Waals surface area contributed by atoms with Gasteiger partial charge in [0.15, 0.2) is 0 Å². The SMILES string of the molecule is [2H]c1cc(-c2ccccc2)no1. The van der Waals surface area contributed by atoms with Gasteiger partial charge in [-0.3, -0.25) is 0 Å². The summed E-state index contributed by atoms with van der Waals surface area (Å²) >= 11 is 0. The van der Waals surface area contributed by atoms with Crippen molar-refractivity contribution < 1.29 is 5.89 Å². The normalized spacial score (nSPS) is 11.1. The van der Waals surface area contributed by atoms with E-state index < -0.39 is 0 Å². The van der Waals surface area contributed by atoms with E-state index in [9.17, 15) is 0 Å². The topological polar surface area (TPSA) is 26.0 Å². The molecule has 54 valence electrons. The Labute approximate surface area is 65.9 Å². The quantitative estimate of drug-likeness (QED) is 0.617. The van der Waals surface area contributed by atoms with E-state index in [1.165, 1.54) is 0 Å². The molecule has 0 saturated carbocycles. The standard InChI is InChI=1S/C9H7NO/c1-2-4-8(5-3-1)9-6-7-11-10-9/h1-7H/i7D.